The molecule has 1 N–H and O–H groups in total. The number of aromatic nitrogens is 1. The van der Waals surface area contributed by atoms with Crippen molar-refractivity contribution >= 4 is 11.6 Å². The molecule has 14 heavy (non-hydrogen) atoms. The lowest BCUT2D eigenvalue weighted by molar-refractivity contribution is 0.283. The third kappa shape index (κ3) is 4.11. The summed E-state index contributed by atoms with van der Waals surface area (Å²) >= 11 is 5.56. The summed E-state index contributed by atoms with van der Waals surface area (Å²) in [6.07, 6.45) is 6.10. The fraction of sp³-hybridized carbons (Fsp3) is 0.700. The van der Waals surface area contributed by atoms with Gasteiger partial charge in [-0.2, -0.15) is 0 Å². The molecular formula is C10H16ClNO2. The summed E-state index contributed by atoms with van der Waals surface area (Å²) in [6.45, 7) is 0.197. The van der Waals surface area contributed by atoms with E-state index >= 15 is 0 Å². The molecule has 1 aromatic rings. The topological polar surface area (TPSA) is 46.3 Å². The number of rotatable bonds is 7. The van der Waals surface area contributed by atoms with Gasteiger partial charge in [-0.15, -0.1) is 11.6 Å². The molecule has 0 aliphatic carbocycles. The Labute approximate surface area is 89.1 Å². The highest BCUT2D eigenvalue weighted by Crippen LogP contribution is 2.09. The van der Waals surface area contributed by atoms with Gasteiger partial charge in [-0.3, -0.25) is 0 Å². The van der Waals surface area contributed by atoms with Crippen molar-refractivity contribution < 1.29 is 9.52 Å². The quantitative estimate of drug-likeness (QED) is 0.563. The second-order valence-corrected chi connectivity index (χ2v) is 3.57. The standard InChI is InChI=1S/C10H16ClNO2/c11-6-2-1-5-10-12-8-9(14-10)4-3-7-13/h8,13H,1-7H2. The first-order valence-electron chi connectivity index (χ1n) is 4.97. The van der Waals surface area contributed by atoms with Crippen LogP contribution >= 0.6 is 11.6 Å². The lowest BCUT2D eigenvalue weighted by atomic mass is 10.2. The molecule has 4 heteroatoms. The largest absolute Gasteiger partial charge is 0.446 e. The highest BCUT2D eigenvalue weighted by atomic mass is 35.5. The smallest absolute Gasteiger partial charge is 0.194 e. The lowest BCUT2D eigenvalue weighted by Gasteiger charge is -1.94. The van der Waals surface area contributed by atoms with Crippen LogP contribution in [0.5, 0.6) is 0 Å². The van der Waals surface area contributed by atoms with Crippen LogP contribution in [-0.4, -0.2) is 22.6 Å². The molecule has 1 aromatic heterocycles. The van der Waals surface area contributed by atoms with Crippen LogP contribution in [0, 0.1) is 0 Å². The Morgan fingerprint density at radius 3 is 2.86 bits per heavy atom. The summed E-state index contributed by atoms with van der Waals surface area (Å²) in [6, 6.07) is 0. The first-order valence-corrected chi connectivity index (χ1v) is 5.50. The van der Waals surface area contributed by atoms with Crippen LogP contribution in [0.2, 0.25) is 0 Å². The van der Waals surface area contributed by atoms with Crippen molar-refractivity contribution in [3.63, 3.8) is 0 Å². The van der Waals surface area contributed by atoms with E-state index in [-0.39, 0.29) is 6.61 Å². The molecule has 0 aliphatic heterocycles. The monoisotopic (exact) mass is 217 g/mol. The molecule has 0 spiro atoms. The van der Waals surface area contributed by atoms with Crippen LogP contribution in [0.1, 0.15) is 30.9 Å². The van der Waals surface area contributed by atoms with Crippen LogP contribution in [0.25, 0.3) is 0 Å². The Morgan fingerprint density at radius 1 is 1.29 bits per heavy atom. The van der Waals surface area contributed by atoms with Crippen molar-refractivity contribution in [2.24, 2.45) is 0 Å². The minimum absolute atomic E-state index is 0.197. The number of oxazole rings is 1. The van der Waals surface area contributed by atoms with E-state index in [0.29, 0.717) is 5.88 Å². The minimum atomic E-state index is 0.197. The van der Waals surface area contributed by atoms with Crippen molar-refractivity contribution in [3.05, 3.63) is 17.8 Å². The maximum atomic E-state index is 8.63. The Balaban J connectivity index is 2.27. The maximum Gasteiger partial charge on any atom is 0.194 e. The molecule has 0 aromatic carbocycles. The second kappa shape index (κ2) is 6.85. The molecular weight excluding hydrogens is 202 g/mol. The predicted octanol–water partition coefficient (Wildman–Crippen LogP) is 2.16. The SMILES string of the molecule is OCCCc1cnc(CCCCCl)o1. The number of alkyl halides is 1. The van der Waals surface area contributed by atoms with E-state index in [2.05, 4.69) is 4.98 Å². The van der Waals surface area contributed by atoms with Crippen molar-refractivity contribution in [1.82, 2.24) is 4.98 Å². The van der Waals surface area contributed by atoms with Crippen LogP contribution in [0.4, 0.5) is 0 Å². The van der Waals surface area contributed by atoms with Crippen LogP contribution in [0.3, 0.4) is 0 Å². The molecule has 1 heterocycles. The molecule has 0 bridgehead atoms. The van der Waals surface area contributed by atoms with Gasteiger partial charge >= 0.3 is 0 Å². The summed E-state index contributed by atoms with van der Waals surface area (Å²) < 4.78 is 5.47. The van der Waals surface area contributed by atoms with Gasteiger partial charge in [-0.05, 0) is 19.3 Å². The number of aliphatic hydroxyl groups excluding tert-OH is 1. The number of hydrogen-bond acceptors (Lipinski definition) is 3. The number of aryl methyl sites for hydroxylation is 2. The summed E-state index contributed by atoms with van der Waals surface area (Å²) in [5.41, 5.74) is 0. The van der Waals surface area contributed by atoms with Gasteiger partial charge in [0.15, 0.2) is 5.89 Å². The zero-order valence-electron chi connectivity index (χ0n) is 8.21. The summed E-state index contributed by atoms with van der Waals surface area (Å²) in [7, 11) is 0. The van der Waals surface area contributed by atoms with Crippen molar-refractivity contribution in [2.45, 2.75) is 32.1 Å². The molecule has 0 amide bonds. The highest BCUT2D eigenvalue weighted by Gasteiger charge is 2.02. The van der Waals surface area contributed by atoms with E-state index in [4.69, 9.17) is 21.1 Å². The molecule has 0 fully saturated rings. The molecule has 1 rings (SSSR count). The summed E-state index contributed by atoms with van der Waals surface area (Å²) in [4.78, 5) is 4.15. The molecule has 80 valence electrons. The van der Waals surface area contributed by atoms with Gasteiger partial charge in [-0.25, -0.2) is 4.98 Å². The Bertz CT molecular complexity index is 250. The van der Waals surface area contributed by atoms with Gasteiger partial charge in [0.2, 0.25) is 0 Å². The third-order valence-corrected chi connectivity index (χ3v) is 2.22. The van der Waals surface area contributed by atoms with Crippen molar-refractivity contribution in [3.8, 4) is 0 Å². The number of hydrogen-bond donors (Lipinski definition) is 1. The fourth-order valence-corrected chi connectivity index (χ4v) is 1.39. The maximum absolute atomic E-state index is 8.63. The Hall–Kier alpha value is -0.540. The van der Waals surface area contributed by atoms with E-state index in [1.54, 1.807) is 6.20 Å². The number of aliphatic hydroxyl groups is 1. The van der Waals surface area contributed by atoms with E-state index in [1.165, 1.54) is 0 Å². The van der Waals surface area contributed by atoms with E-state index in [1.807, 2.05) is 0 Å². The number of halogens is 1. The van der Waals surface area contributed by atoms with E-state index in [9.17, 15) is 0 Å². The number of unbranched alkanes of at least 4 members (excludes halogenated alkanes) is 1. The molecule has 0 saturated heterocycles. The average molecular weight is 218 g/mol. The molecule has 0 radical (unpaired) electrons. The zero-order valence-corrected chi connectivity index (χ0v) is 8.96. The minimum Gasteiger partial charge on any atom is -0.446 e. The molecule has 0 atom stereocenters. The molecule has 0 aliphatic rings. The molecule has 0 saturated carbocycles. The van der Waals surface area contributed by atoms with Gasteiger partial charge in [0.25, 0.3) is 0 Å². The summed E-state index contributed by atoms with van der Waals surface area (Å²) in [5, 5.41) is 8.63. The summed E-state index contributed by atoms with van der Waals surface area (Å²) in [5.74, 6) is 2.33. The lowest BCUT2D eigenvalue weighted by Crippen LogP contribution is -1.87. The molecule has 3 nitrogen and oxygen atoms in total. The van der Waals surface area contributed by atoms with Crippen LogP contribution < -0.4 is 0 Å². The first-order chi connectivity index (χ1) is 6.86. The Morgan fingerprint density at radius 2 is 2.14 bits per heavy atom. The molecule has 0 unspecified atom stereocenters. The van der Waals surface area contributed by atoms with E-state index in [0.717, 1.165) is 43.8 Å². The van der Waals surface area contributed by atoms with Crippen LogP contribution in [0.15, 0.2) is 10.6 Å². The number of nitrogens with zero attached hydrogens (tertiary/aromatic N) is 1. The van der Waals surface area contributed by atoms with Gasteiger partial charge in [-0.1, -0.05) is 0 Å². The average Bonchev–Trinajstić information content (AvgIpc) is 2.63. The highest BCUT2D eigenvalue weighted by molar-refractivity contribution is 6.17. The third-order valence-electron chi connectivity index (χ3n) is 1.96. The first kappa shape index (κ1) is 11.5. The fourth-order valence-electron chi connectivity index (χ4n) is 1.20. The van der Waals surface area contributed by atoms with Crippen molar-refractivity contribution in [2.75, 3.05) is 12.5 Å². The van der Waals surface area contributed by atoms with Crippen molar-refractivity contribution in [1.29, 1.82) is 0 Å². The van der Waals surface area contributed by atoms with Gasteiger partial charge in [0.05, 0.1) is 6.20 Å². The Kier molecular flexibility index (Phi) is 5.64. The van der Waals surface area contributed by atoms with Gasteiger partial charge in [0.1, 0.15) is 5.76 Å². The normalized spacial score (nSPS) is 10.7. The van der Waals surface area contributed by atoms with Gasteiger partial charge in [0, 0.05) is 25.3 Å². The second-order valence-electron chi connectivity index (χ2n) is 3.19. The van der Waals surface area contributed by atoms with E-state index < -0.39 is 0 Å². The van der Waals surface area contributed by atoms with Crippen LogP contribution in [-0.2, 0) is 12.8 Å². The zero-order chi connectivity index (χ0) is 10.2. The predicted molar refractivity (Wildman–Crippen MR) is 55.6 cm³/mol. The van der Waals surface area contributed by atoms with Gasteiger partial charge < -0.3 is 9.52 Å².